The minimum Gasteiger partial charge on any atom is -0.327 e. The summed E-state index contributed by atoms with van der Waals surface area (Å²) >= 11 is 1.78. The first-order valence-corrected chi connectivity index (χ1v) is 8.19. The third kappa shape index (κ3) is 4.00. The summed E-state index contributed by atoms with van der Waals surface area (Å²) in [5.74, 6) is 1.71. The number of nitrogens with zero attached hydrogens (tertiary/aromatic N) is 2. The van der Waals surface area contributed by atoms with Gasteiger partial charge in [-0.15, -0.1) is 0 Å². The van der Waals surface area contributed by atoms with Crippen LogP contribution in [0.3, 0.4) is 0 Å². The largest absolute Gasteiger partial charge is 0.332 e. The van der Waals surface area contributed by atoms with Crippen molar-refractivity contribution >= 4 is 35.8 Å². The number of nitrogens with one attached hydrogen (secondary N) is 1. The van der Waals surface area contributed by atoms with Crippen molar-refractivity contribution in [2.45, 2.75) is 13.0 Å². The van der Waals surface area contributed by atoms with E-state index in [-0.39, 0.29) is 6.03 Å². The zero-order chi connectivity index (χ0) is 15.9. The van der Waals surface area contributed by atoms with Gasteiger partial charge in [-0.05, 0) is 19.1 Å². The molecule has 1 aromatic rings. The van der Waals surface area contributed by atoms with E-state index in [9.17, 15) is 14.4 Å². The fourth-order valence-electron chi connectivity index (χ4n) is 2.07. The fourth-order valence-corrected chi connectivity index (χ4v) is 2.97. The average Bonchev–Trinajstić information content (AvgIpc) is 2.56. The first kappa shape index (κ1) is 16.4. The number of hydrogen-bond acceptors (Lipinski definition) is 4. The maximum Gasteiger partial charge on any atom is 0.332 e. The Labute approximate surface area is 133 Å². The second kappa shape index (κ2) is 7.84. The Bertz CT molecular complexity index is 532. The van der Waals surface area contributed by atoms with Crippen LogP contribution in [0.5, 0.6) is 0 Å². The second-order valence-corrected chi connectivity index (χ2v) is 6.07. The van der Waals surface area contributed by atoms with Crippen LogP contribution in [-0.2, 0) is 4.79 Å². The lowest BCUT2D eigenvalue weighted by Gasteiger charge is -2.32. The molecule has 0 bridgehead atoms. The van der Waals surface area contributed by atoms with Gasteiger partial charge in [0.15, 0.2) is 0 Å². The number of para-hydroxylation sites is 1. The van der Waals surface area contributed by atoms with Gasteiger partial charge in [0.1, 0.15) is 0 Å². The molecule has 1 fully saturated rings. The molecule has 1 aliphatic heterocycles. The highest BCUT2D eigenvalue weighted by atomic mass is 32.2. The molecule has 2 rings (SSSR count). The molecule has 1 saturated heterocycles. The summed E-state index contributed by atoms with van der Waals surface area (Å²) < 4.78 is 0. The van der Waals surface area contributed by atoms with E-state index in [2.05, 4.69) is 5.32 Å². The normalized spacial score (nSPS) is 15.8. The van der Waals surface area contributed by atoms with Gasteiger partial charge in [0.25, 0.3) is 0 Å². The Balaban J connectivity index is 2.22. The Morgan fingerprint density at radius 2 is 1.91 bits per heavy atom. The standard InChI is InChI=1S/C15H18N3O3S/c1-12(11-19)16-14(20)18(13-5-3-2-4-6-13)15(21)17-7-9-22-10-8-17/h2-6,12H,7-10H2,1H3,(H,16,20). The lowest BCUT2D eigenvalue weighted by Crippen LogP contribution is -2.54. The number of thioether (sulfide) groups is 1. The molecule has 1 aromatic carbocycles. The lowest BCUT2D eigenvalue weighted by atomic mass is 10.3. The molecule has 22 heavy (non-hydrogen) atoms. The zero-order valence-electron chi connectivity index (χ0n) is 12.3. The van der Waals surface area contributed by atoms with Crippen molar-refractivity contribution in [1.29, 1.82) is 0 Å². The van der Waals surface area contributed by atoms with Crippen LogP contribution in [0.1, 0.15) is 6.92 Å². The Morgan fingerprint density at radius 1 is 1.27 bits per heavy atom. The minimum atomic E-state index is -0.775. The van der Waals surface area contributed by atoms with Crippen molar-refractivity contribution in [2.24, 2.45) is 0 Å². The SMILES string of the molecule is CC([C]=O)NC(=O)N(C(=O)N1CCSCC1)c1ccccc1. The van der Waals surface area contributed by atoms with E-state index in [1.165, 1.54) is 6.92 Å². The van der Waals surface area contributed by atoms with E-state index in [0.717, 1.165) is 16.4 Å². The van der Waals surface area contributed by atoms with Gasteiger partial charge >= 0.3 is 12.1 Å². The van der Waals surface area contributed by atoms with Crippen LogP contribution in [0.25, 0.3) is 0 Å². The number of imide groups is 1. The molecule has 1 unspecified atom stereocenters. The lowest BCUT2D eigenvalue weighted by molar-refractivity contribution is 0.206. The first-order valence-electron chi connectivity index (χ1n) is 7.03. The molecule has 0 saturated carbocycles. The molecule has 1 N–H and O–H groups in total. The van der Waals surface area contributed by atoms with E-state index >= 15 is 0 Å². The van der Waals surface area contributed by atoms with Crippen molar-refractivity contribution in [3.8, 4) is 0 Å². The van der Waals surface area contributed by atoms with Gasteiger partial charge in [-0.25, -0.2) is 14.5 Å². The predicted octanol–water partition coefficient (Wildman–Crippen LogP) is 1.87. The van der Waals surface area contributed by atoms with Crippen LogP contribution in [0.15, 0.2) is 30.3 Å². The number of anilines is 1. The number of carbonyl (C=O) groups excluding carboxylic acids is 3. The number of amides is 4. The summed E-state index contributed by atoms with van der Waals surface area (Å²) in [5, 5.41) is 2.46. The van der Waals surface area contributed by atoms with Crippen LogP contribution in [0.2, 0.25) is 0 Å². The predicted molar refractivity (Wildman–Crippen MR) is 86.9 cm³/mol. The molecule has 1 atom stereocenters. The average molecular weight is 320 g/mol. The number of carbonyl (C=O) groups is 2. The molecular formula is C15H18N3O3S. The highest BCUT2D eigenvalue weighted by Gasteiger charge is 2.29. The quantitative estimate of drug-likeness (QED) is 0.923. The van der Waals surface area contributed by atoms with Crippen molar-refractivity contribution in [3.63, 3.8) is 0 Å². The molecule has 1 aliphatic rings. The molecule has 0 aromatic heterocycles. The van der Waals surface area contributed by atoms with Crippen LogP contribution in [0, 0.1) is 0 Å². The minimum absolute atomic E-state index is 0.373. The number of rotatable bonds is 3. The van der Waals surface area contributed by atoms with Gasteiger partial charge in [-0.2, -0.15) is 11.8 Å². The van der Waals surface area contributed by atoms with Gasteiger partial charge in [0, 0.05) is 24.6 Å². The summed E-state index contributed by atoms with van der Waals surface area (Å²) in [6.45, 7) is 2.72. The summed E-state index contributed by atoms with van der Waals surface area (Å²) in [6.07, 6.45) is 1.68. The monoisotopic (exact) mass is 320 g/mol. The van der Waals surface area contributed by atoms with E-state index in [1.807, 2.05) is 6.07 Å². The molecule has 1 radical (unpaired) electrons. The van der Waals surface area contributed by atoms with E-state index in [1.54, 1.807) is 47.2 Å². The third-order valence-electron chi connectivity index (χ3n) is 3.21. The van der Waals surface area contributed by atoms with Gasteiger partial charge in [-0.3, -0.25) is 4.79 Å². The molecule has 0 aliphatic carbocycles. The summed E-state index contributed by atoms with van der Waals surface area (Å²) in [7, 11) is 0. The number of urea groups is 2. The Morgan fingerprint density at radius 3 is 2.50 bits per heavy atom. The van der Waals surface area contributed by atoms with E-state index in [4.69, 9.17) is 0 Å². The van der Waals surface area contributed by atoms with Gasteiger partial charge in [0.05, 0.1) is 11.7 Å². The summed E-state index contributed by atoms with van der Waals surface area (Å²) in [4.78, 5) is 38.4. The Hall–Kier alpha value is -2.02. The van der Waals surface area contributed by atoms with Crippen LogP contribution in [-0.4, -0.2) is 53.9 Å². The van der Waals surface area contributed by atoms with Crippen molar-refractivity contribution in [3.05, 3.63) is 30.3 Å². The number of benzene rings is 1. The molecule has 117 valence electrons. The molecule has 0 spiro atoms. The van der Waals surface area contributed by atoms with E-state index in [0.29, 0.717) is 18.8 Å². The fraction of sp³-hybridized carbons (Fsp3) is 0.400. The molecule has 4 amide bonds. The van der Waals surface area contributed by atoms with Crippen molar-refractivity contribution in [1.82, 2.24) is 10.2 Å². The number of hydrogen-bond donors (Lipinski definition) is 1. The van der Waals surface area contributed by atoms with Gasteiger partial charge in [0.2, 0.25) is 6.29 Å². The topological polar surface area (TPSA) is 69.7 Å². The van der Waals surface area contributed by atoms with E-state index < -0.39 is 12.1 Å². The highest BCUT2D eigenvalue weighted by molar-refractivity contribution is 7.99. The van der Waals surface area contributed by atoms with Gasteiger partial charge in [-0.1, -0.05) is 18.2 Å². The molecule has 6 nitrogen and oxygen atoms in total. The first-order chi connectivity index (χ1) is 10.6. The second-order valence-electron chi connectivity index (χ2n) is 4.84. The molecular weight excluding hydrogens is 302 g/mol. The third-order valence-corrected chi connectivity index (χ3v) is 4.15. The van der Waals surface area contributed by atoms with Crippen LogP contribution in [0.4, 0.5) is 15.3 Å². The summed E-state index contributed by atoms with van der Waals surface area (Å²) in [5.41, 5.74) is 0.473. The van der Waals surface area contributed by atoms with Crippen LogP contribution >= 0.6 is 11.8 Å². The molecule has 7 heteroatoms. The Kier molecular flexibility index (Phi) is 5.83. The van der Waals surface area contributed by atoms with Crippen molar-refractivity contribution in [2.75, 3.05) is 29.5 Å². The van der Waals surface area contributed by atoms with Crippen molar-refractivity contribution < 1.29 is 14.4 Å². The highest BCUT2D eigenvalue weighted by Crippen LogP contribution is 2.18. The summed E-state index contributed by atoms with van der Waals surface area (Å²) in [6, 6.07) is 6.92. The maximum atomic E-state index is 12.7. The zero-order valence-corrected chi connectivity index (χ0v) is 13.1. The smallest absolute Gasteiger partial charge is 0.327 e. The van der Waals surface area contributed by atoms with Crippen LogP contribution < -0.4 is 10.2 Å². The molecule has 1 heterocycles. The van der Waals surface area contributed by atoms with Gasteiger partial charge < -0.3 is 10.2 Å². The maximum absolute atomic E-state index is 12.7.